The van der Waals surface area contributed by atoms with Gasteiger partial charge in [-0.3, -0.25) is 9.59 Å². The molecule has 0 saturated carbocycles. The van der Waals surface area contributed by atoms with Crippen LogP contribution >= 0.6 is 12.2 Å². The first-order chi connectivity index (χ1) is 17.5. The molecule has 8 heteroatoms. The fourth-order valence-electron chi connectivity index (χ4n) is 4.28. The third-order valence-corrected chi connectivity index (χ3v) is 7.14. The summed E-state index contributed by atoms with van der Waals surface area (Å²) in [6.45, 7) is 20.4. The molecule has 1 heterocycles. The number of rotatable bonds is 13. The number of amidine groups is 1. The summed E-state index contributed by atoms with van der Waals surface area (Å²) in [7, 11) is 0. The Morgan fingerprint density at radius 3 is 2.51 bits per heavy atom. The molecule has 7 nitrogen and oxygen atoms in total. The molecule has 1 unspecified atom stereocenters. The number of amides is 1. The minimum atomic E-state index is -0.844. The molecule has 0 spiro atoms. The van der Waals surface area contributed by atoms with Crippen molar-refractivity contribution in [2.75, 3.05) is 11.5 Å². The highest BCUT2D eigenvalue weighted by molar-refractivity contribution is 7.79. The Hall–Kier alpha value is -3.00. The van der Waals surface area contributed by atoms with Gasteiger partial charge in [0.25, 0.3) is 5.91 Å². The molecule has 202 valence electrons. The Morgan fingerprint density at radius 2 is 1.97 bits per heavy atom. The number of hydrogen-bond donors (Lipinski definition) is 1. The van der Waals surface area contributed by atoms with E-state index in [1.165, 1.54) is 5.49 Å². The minimum Gasteiger partial charge on any atom is -0.493 e. The number of hydrazone groups is 1. The van der Waals surface area contributed by atoms with Crippen molar-refractivity contribution in [3.63, 3.8) is 0 Å². The summed E-state index contributed by atoms with van der Waals surface area (Å²) in [4.78, 5) is 28.0. The molecule has 1 aliphatic rings. The van der Waals surface area contributed by atoms with Gasteiger partial charge in [-0.25, -0.2) is 5.01 Å². The number of ether oxygens (including phenoxy) is 1. The summed E-state index contributed by atoms with van der Waals surface area (Å²) in [6.07, 6.45) is 2.87. The predicted molar refractivity (Wildman–Crippen MR) is 156 cm³/mol. The molecule has 0 aromatic heterocycles. The summed E-state index contributed by atoms with van der Waals surface area (Å²) < 4.78 is 5.91. The second-order valence-electron chi connectivity index (χ2n) is 9.80. The highest BCUT2D eigenvalue weighted by Crippen LogP contribution is 2.33. The maximum absolute atomic E-state index is 13.5. The maximum atomic E-state index is 13.5. The molecule has 37 heavy (non-hydrogen) atoms. The van der Waals surface area contributed by atoms with Crippen LogP contribution in [0.2, 0.25) is 0 Å². The minimum absolute atomic E-state index is 0.0599. The number of nitrogens with one attached hydrogen (secondary N) is 1. The Bertz CT molecular complexity index is 1110. The summed E-state index contributed by atoms with van der Waals surface area (Å²) >= 11 is 5.33. The molecule has 1 aromatic carbocycles. The number of ketones is 1. The van der Waals surface area contributed by atoms with Crippen molar-refractivity contribution in [2.45, 2.75) is 86.6 Å². The van der Waals surface area contributed by atoms with Crippen LogP contribution in [0.1, 0.15) is 86.6 Å². The van der Waals surface area contributed by atoms with Gasteiger partial charge in [0.1, 0.15) is 11.4 Å². The SMILES string of the molecule is C=C(CCC)N1N=C(c2cc(N(C=S)C(C)(C)C(=O)CC)ccc2OCC)NC(=O)/C1=C(\C)C(C)CC. The van der Waals surface area contributed by atoms with E-state index in [2.05, 4.69) is 32.7 Å². The molecule has 0 bridgehead atoms. The summed E-state index contributed by atoms with van der Waals surface area (Å²) in [6, 6.07) is 5.54. The second kappa shape index (κ2) is 13.0. The topological polar surface area (TPSA) is 74.2 Å². The molecule has 2 rings (SSSR count). The highest BCUT2D eigenvalue weighted by atomic mass is 32.1. The van der Waals surface area contributed by atoms with E-state index in [4.69, 9.17) is 22.1 Å². The Labute approximate surface area is 227 Å². The van der Waals surface area contributed by atoms with Crippen molar-refractivity contribution >= 4 is 40.9 Å². The lowest BCUT2D eigenvalue weighted by atomic mass is 9.94. The van der Waals surface area contributed by atoms with Crippen molar-refractivity contribution in [3.8, 4) is 5.75 Å². The summed E-state index contributed by atoms with van der Waals surface area (Å²) in [5.74, 6) is 0.968. The van der Waals surface area contributed by atoms with Crippen LogP contribution in [0.3, 0.4) is 0 Å². The van der Waals surface area contributed by atoms with Gasteiger partial charge in [-0.1, -0.05) is 52.9 Å². The van der Waals surface area contributed by atoms with Crippen LogP contribution in [0.4, 0.5) is 5.69 Å². The van der Waals surface area contributed by atoms with Gasteiger partial charge in [0.15, 0.2) is 11.6 Å². The monoisotopic (exact) mass is 526 g/mol. The van der Waals surface area contributed by atoms with E-state index < -0.39 is 5.54 Å². The maximum Gasteiger partial charge on any atom is 0.275 e. The molecule has 1 aromatic rings. The molecule has 1 aliphatic heterocycles. The smallest absolute Gasteiger partial charge is 0.275 e. The first-order valence-corrected chi connectivity index (χ1v) is 13.6. The number of thiocarbonyl (C=S) groups is 1. The van der Waals surface area contributed by atoms with Crippen molar-refractivity contribution in [2.24, 2.45) is 11.0 Å². The molecular formula is C29H42N4O3S. The van der Waals surface area contributed by atoms with Gasteiger partial charge in [-0.2, -0.15) is 0 Å². The molecular weight excluding hydrogens is 484 g/mol. The van der Waals surface area contributed by atoms with Gasteiger partial charge in [-0.15, -0.1) is 5.10 Å². The Morgan fingerprint density at radius 1 is 1.30 bits per heavy atom. The van der Waals surface area contributed by atoms with Crippen LogP contribution in [0.5, 0.6) is 5.75 Å². The standard InChI is InChI=1S/C29H42N4O3S/c1-10-14-20(6)33-26(21(7)19(5)11-2)28(35)30-27(31-33)23-17-22(15-16-24(23)36-13-4)32(18-37)29(8,9)25(34)12-3/h15-19H,6,10-14H2,1-5,7-9H3,(H,30,31,35)/b26-21-. The van der Waals surface area contributed by atoms with Crippen LogP contribution in [-0.4, -0.2) is 40.2 Å². The van der Waals surface area contributed by atoms with Gasteiger partial charge in [-0.05, 0) is 70.2 Å². The van der Waals surface area contributed by atoms with Crippen molar-refractivity contribution < 1.29 is 14.3 Å². The van der Waals surface area contributed by atoms with Crippen LogP contribution in [-0.2, 0) is 9.59 Å². The Balaban J connectivity index is 2.75. The lowest BCUT2D eigenvalue weighted by molar-refractivity contribution is -0.122. The third-order valence-electron chi connectivity index (χ3n) is 6.93. The number of Topliss-reactive ketones (excluding diaryl/α,β-unsaturated/α-hetero) is 1. The van der Waals surface area contributed by atoms with Gasteiger partial charge in [0, 0.05) is 17.8 Å². The highest BCUT2D eigenvalue weighted by Gasteiger charge is 2.34. The molecule has 0 fully saturated rings. The number of hydrogen-bond acceptors (Lipinski definition) is 6. The van der Waals surface area contributed by atoms with Gasteiger partial charge < -0.3 is 15.0 Å². The zero-order valence-electron chi connectivity index (χ0n) is 23.6. The summed E-state index contributed by atoms with van der Waals surface area (Å²) in [5, 5.41) is 9.56. The summed E-state index contributed by atoms with van der Waals surface area (Å²) in [5.41, 5.74) is 4.17. The average Bonchev–Trinajstić information content (AvgIpc) is 2.87. The zero-order chi connectivity index (χ0) is 27.9. The molecule has 0 radical (unpaired) electrons. The van der Waals surface area contributed by atoms with Crippen LogP contribution < -0.4 is 15.0 Å². The van der Waals surface area contributed by atoms with Crippen molar-refractivity contribution in [3.05, 3.63) is 47.3 Å². The molecule has 1 amide bonds. The van der Waals surface area contributed by atoms with E-state index in [9.17, 15) is 9.59 Å². The Kier molecular flexibility index (Phi) is 10.6. The van der Waals surface area contributed by atoms with Gasteiger partial charge in [0.2, 0.25) is 0 Å². The fraction of sp³-hybridized carbons (Fsp3) is 0.517. The van der Waals surface area contributed by atoms with Crippen LogP contribution in [0, 0.1) is 5.92 Å². The first-order valence-electron chi connectivity index (χ1n) is 13.1. The lowest BCUT2D eigenvalue weighted by Crippen LogP contribution is -2.49. The third kappa shape index (κ3) is 6.47. The van der Waals surface area contributed by atoms with E-state index in [1.54, 1.807) is 9.91 Å². The average molecular weight is 527 g/mol. The molecule has 1 N–H and O–H groups in total. The molecule has 1 atom stereocenters. The lowest BCUT2D eigenvalue weighted by Gasteiger charge is -2.36. The van der Waals surface area contributed by atoms with Gasteiger partial charge in [0.05, 0.1) is 23.2 Å². The largest absolute Gasteiger partial charge is 0.493 e. The van der Waals surface area contributed by atoms with Crippen molar-refractivity contribution in [1.82, 2.24) is 10.3 Å². The van der Waals surface area contributed by atoms with E-state index in [0.29, 0.717) is 48.0 Å². The van der Waals surface area contributed by atoms with E-state index in [-0.39, 0.29) is 17.6 Å². The molecule has 0 saturated heterocycles. The predicted octanol–water partition coefficient (Wildman–Crippen LogP) is 6.33. The fourth-order valence-corrected chi connectivity index (χ4v) is 4.67. The number of anilines is 1. The van der Waals surface area contributed by atoms with E-state index in [0.717, 1.165) is 24.1 Å². The van der Waals surface area contributed by atoms with Crippen LogP contribution in [0.25, 0.3) is 0 Å². The number of carbonyl (C=O) groups is 2. The van der Waals surface area contributed by atoms with Gasteiger partial charge >= 0.3 is 0 Å². The van der Waals surface area contributed by atoms with Crippen LogP contribution in [0.15, 0.2) is 46.8 Å². The zero-order valence-corrected chi connectivity index (χ0v) is 24.4. The van der Waals surface area contributed by atoms with E-state index >= 15 is 0 Å². The van der Waals surface area contributed by atoms with Crippen molar-refractivity contribution in [1.29, 1.82) is 0 Å². The quantitative estimate of drug-likeness (QED) is 0.239. The van der Waals surface area contributed by atoms with E-state index in [1.807, 2.05) is 52.8 Å². The number of allylic oxidation sites excluding steroid dienone is 2. The number of carbonyl (C=O) groups excluding carboxylic acids is 2. The second-order valence-corrected chi connectivity index (χ2v) is 10.0. The normalized spacial score (nSPS) is 15.9. The number of nitrogens with zero attached hydrogens (tertiary/aromatic N) is 3. The first kappa shape index (κ1) is 30.2. The number of benzene rings is 1. The molecule has 0 aliphatic carbocycles.